The summed E-state index contributed by atoms with van der Waals surface area (Å²) in [4.78, 5) is 16.3. The van der Waals surface area contributed by atoms with Crippen molar-refractivity contribution in [2.45, 2.75) is 30.8 Å². The molecule has 0 aliphatic carbocycles. The summed E-state index contributed by atoms with van der Waals surface area (Å²) < 4.78 is 43.2. The van der Waals surface area contributed by atoms with Crippen LogP contribution < -0.4 is 9.62 Å². The smallest absolute Gasteiger partial charge is 0.225 e. The van der Waals surface area contributed by atoms with Crippen LogP contribution in [0.2, 0.25) is 0 Å². The Hall–Kier alpha value is -1.79. The lowest BCUT2D eigenvalue weighted by atomic mass is 10.0. The third-order valence-corrected chi connectivity index (χ3v) is 5.90. The Labute approximate surface area is 169 Å². The van der Waals surface area contributed by atoms with E-state index in [4.69, 9.17) is 4.74 Å². The van der Waals surface area contributed by atoms with Gasteiger partial charge in [-0.3, -0.25) is 4.79 Å². The third kappa shape index (κ3) is 5.64. The Morgan fingerprint density at radius 2 is 1.72 bits per heavy atom. The van der Waals surface area contributed by atoms with Crippen molar-refractivity contribution in [3.05, 3.63) is 30.1 Å². The van der Waals surface area contributed by atoms with E-state index in [2.05, 4.69) is 9.62 Å². The molecule has 0 saturated carbocycles. The molecule has 2 fully saturated rings. The summed E-state index contributed by atoms with van der Waals surface area (Å²) in [5.74, 6) is -0.512. The van der Waals surface area contributed by atoms with Gasteiger partial charge in [0.1, 0.15) is 24.1 Å². The van der Waals surface area contributed by atoms with Crippen LogP contribution in [0.5, 0.6) is 0 Å². The lowest BCUT2D eigenvalue weighted by Gasteiger charge is -2.36. The fourth-order valence-corrected chi connectivity index (χ4v) is 4.03. The first-order chi connectivity index (χ1) is 13.6. The molecule has 3 N–H and O–H groups in total. The molecular formula is C18H26FN3O6S. The Morgan fingerprint density at radius 1 is 1.14 bits per heavy atom. The number of amides is 1. The first kappa shape index (κ1) is 21.9. The molecule has 0 unspecified atom stereocenters. The van der Waals surface area contributed by atoms with Gasteiger partial charge in [-0.05, 0) is 24.3 Å². The highest BCUT2D eigenvalue weighted by Crippen LogP contribution is 2.25. The molecule has 162 valence electrons. The van der Waals surface area contributed by atoms with Crippen LogP contribution in [0.1, 0.15) is 6.42 Å². The van der Waals surface area contributed by atoms with Gasteiger partial charge in [0.25, 0.3) is 0 Å². The predicted molar refractivity (Wildman–Crippen MR) is 103 cm³/mol. The van der Waals surface area contributed by atoms with Crippen LogP contribution in [0.4, 0.5) is 10.1 Å². The van der Waals surface area contributed by atoms with Gasteiger partial charge in [0.05, 0.1) is 18.8 Å². The summed E-state index contributed by atoms with van der Waals surface area (Å²) in [6, 6.07) is 6.18. The minimum absolute atomic E-state index is 0.107. The van der Waals surface area contributed by atoms with Crippen LogP contribution in [-0.4, -0.2) is 92.8 Å². The number of rotatable bonds is 6. The summed E-state index contributed by atoms with van der Waals surface area (Å²) in [5.41, 5.74) is 0.886. The number of carbonyl (C=O) groups excluding carboxylic acids is 1. The van der Waals surface area contributed by atoms with Crippen molar-refractivity contribution in [3.8, 4) is 0 Å². The number of aliphatic hydroxyl groups excluding tert-OH is 2. The molecule has 2 aliphatic heterocycles. The fraction of sp³-hybridized carbons (Fsp3) is 0.611. The van der Waals surface area contributed by atoms with Crippen molar-refractivity contribution in [1.29, 1.82) is 0 Å². The van der Waals surface area contributed by atoms with Crippen LogP contribution in [0, 0.1) is 5.82 Å². The minimum Gasteiger partial charge on any atom is -0.388 e. The van der Waals surface area contributed by atoms with Gasteiger partial charge in [-0.1, -0.05) is 0 Å². The number of ether oxygens (including phenoxy) is 1. The number of aliphatic hydroxyl groups is 2. The number of hydrogen-bond acceptors (Lipinski definition) is 7. The molecule has 1 amide bonds. The molecule has 2 aliphatic rings. The van der Waals surface area contributed by atoms with E-state index in [1.54, 1.807) is 17.0 Å². The minimum atomic E-state index is -3.46. The summed E-state index contributed by atoms with van der Waals surface area (Å²) in [6.07, 6.45) is -3.50. The van der Waals surface area contributed by atoms with Gasteiger partial charge >= 0.3 is 0 Å². The van der Waals surface area contributed by atoms with Crippen LogP contribution in [0.25, 0.3) is 0 Å². The highest BCUT2D eigenvalue weighted by Gasteiger charge is 2.44. The maximum atomic E-state index is 13.1. The highest BCUT2D eigenvalue weighted by atomic mass is 32.2. The standard InChI is InChI=1S/C18H26FN3O6S/c1-29(26,27)20-11-15-18(25)17(24)14(28-15)10-16(23)22-8-6-21(7-9-22)13-4-2-12(19)3-5-13/h2-5,14-15,17-18,20,24-25H,6-11H2,1H3/t14-,15+,17-,18+/m0/s1. The second-order valence-corrected chi connectivity index (χ2v) is 9.20. The zero-order chi connectivity index (χ0) is 21.2. The number of hydrogen-bond donors (Lipinski definition) is 3. The zero-order valence-corrected chi connectivity index (χ0v) is 16.9. The average molecular weight is 431 g/mol. The van der Waals surface area contributed by atoms with Crippen LogP contribution in [-0.2, 0) is 19.6 Å². The Morgan fingerprint density at radius 3 is 2.31 bits per heavy atom. The second-order valence-electron chi connectivity index (χ2n) is 7.36. The molecule has 3 rings (SSSR count). The number of halogens is 1. The molecule has 2 saturated heterocycles. The summed E-state index contributed by atoms with van der Waals surface area (Å²) in [5, 5.41) is 20.2. The van der Waals surface area contributed by atoms with Crippen molar-refractivity contribution in [3.63, 3.8) is 0 Å². The molecule has 9 nitrogen and oxygen atoms in total. The summed E-state index contributed by atoms with van der Waals surface area (Å²) in [7, 11) is -3.46. The van der Waals surface area contributed by atoms with Crippen molar-refractivity contribution in [1.82, 2.24) is 9.62 Å². The number of carbonyl (C=O) groups is 1. The molecule has 1 aromatic carbocycles. The Balaban J connectivity index is 1.49. The van der Waals surface area contributed by atoms with E-state index in [9.17, 15) is 27.8 Å². The van der Waals surface area contributed by atoms with Crippen molar-refractivity contribution in [2.75, 3.05) is 43.9 Å². The lowest BCUT2D eigenvalue weighted by molar-refractivity contribution is -0.135. The number of anilines is 1. The summed E-state index contributed by atoms with van der Waals surface area (Å²) in [6.45, 7) is 1.95. The molecule has 4 atom stereocenters. The van der Waals surface area contributed by atoms with E-state index >= 15 is 0 Å². The quantitative estimate of drug-likeness (QED) is 0.523. The molecule has 0 bridgehead atoms. The number of benzene rings is 1. The normalized spacial score (nSPS) is 28.0. The first-order valence-electron chi connectivity index (χ1n) is 9.38. The van der Waals surface area contributed by atoms with E-state index < -0.39 is 34.4 Å². The molecular weight excluding hydrogens is 405 g/mol. The van der Waals surface area contributed by atoms with Crippen molar-refractivity contribution < 1.29 is 32.6 Å². The topological polar surface area (TPSA) is 119 Å². The van der Waals surface area contributed by atoms with E-state index in [1.807, 2.05) is 0 Å². The highest BCUT2D eigenvalue weighted by molar-refractivity contribution is 7.88. The molecule has 0 radical (unpaired) electrons. The predicted octanol–water partition coefficient (Wildman–Crippen LogP) is -1.10. The third-order valence-electron chi connectivity index (χ3n) is 5.21. The van der Waals surface area contributed by atoms with E-state index in [0.717, 1.165) is 11.9 Å². The molecule has 2 heterocycles. The monoisotopic (exact) mass is 431 g/mol. The maximum Gasteiger partial charge on any atom is 0.225 e. The average Bonchev–Trinajstić information content (AvgIpc) is 2.94. The fourth-order valence-electron chi connectivity index (χ4n) is 3.56. The number of piperazine rings is 1. The number of sulfonamides is 1. The zero-order valence-electron chi connectivity index (χ0n) is 16.1. The van der Waals surface area contributed by atoms with E-state index in [1.165, 1.54) is 12.1 Å². The lowest BCUT2D eigenvalue weighted by Crippen LogP contribution is -2.49. The summed E-state index contributed by atoms with van der Waals surface area (Å²) >= 11 is 0. The largest absolute Gasteiger partial charge is 0.388 e. The van der Waals surface area contributed by atoms with Crippen molar-refractivity contribution in [2.24, 2.45) is 0 Å². The number of nitrogens with one attached hydrogen (secondary N) is 1. The SMILES string of the molecule is CS(=O)(=O)NC[C@H]1O[C@@H](CC(=O)N2CCN(c3ccc(F)cc3)CC2)[C@H](O)[C@@H]1O. The van der Waals surface area contributed by atoms with Crippen LogP contribution >= 0.6 is 0 Å². The molecule has 11 heteroatoms. The van der Waals surface area contributed by atoms with Gasteiger partial charge in [-0.2, -0.15) is 0 Å². The first-order valence-corrected chi connectivity index (χ1v) is 11.3. The molecule has 1 aromatic rings. The van der Waals surface area contributed by atoms with Gasteiger partial charge in [-0.25, -0.2) is 17.5 Å². The van der Waals surface area contributed by atoms with E-state index in [-0.39, 0.29) is 24.7 Å². The Bertz CT molecular complexity index is 813. The van der Waals surface area contributed by atoms with E-state index in [0.29, 0.717) is 26.2 Å². The van der Waals surface area contributed by atoms with Gasteiger partial charge in [0.15, 0.2) is 0 Å². The second kappa shape index (κ2) is 8.92. The van der Waals surface area contributed by atoms with Crippen LogP contribution in [0.3, 0.4) is 0 Å². The Kier molecular flexibility index (Phi) is 6.74. The molecule has 0 aromatic heterocycles. The van der Waals surface area contributed by atoms with Gasteiger partial charge in [-0.15, -0.1) is 0 Å². The van der Waals surface area contributed by atoms with Gasteiger partial charge in [0, 0.05) is 38.4 Å². The van der Waals surface area contributed by atoms with Gasteiger partial charge in [0.2, 0.25) is 15.9 Å². The molecule has 0 spiro atoms. The van der Waals surface area contributed by atoms with Crippen molar-refractivity contribution >= 4 is 21.6 Å². The maximum absolute atomic E-state index is 13.1. The molecule has 29 heavy (non-hydrogen) atoms. The van der Waals surface area contributed by atoms with Gasteiger partial charge < -0.3 is 24.7 Å². The number of nitrogens with zero attached hydrogens (tertiary/aromatic N) is 2. The van der Waals surface area contributed by atoms with Crippen LogP contribution in [0.15, 0.2) is 24.3 Å².